The average Bonchev–Trinajstić information content (AvgIpc) is 2.23. The number of hydrogen-bond donors (Lipinski definition) is 3. The summed E-state index contributed by atoms with van der Waals surface area (Å²) in [5, 5.41) is 2.55. The predicted molar refractivity (Wildman–Crippen MR) is 64.9 cm³/mol. The molecule has 0 saturated heterocycles. The third-order valence-electron chi connectivity index (χ3n) is 1.99. The topological polar surface area (TPSA) is 111 Å². The second-order valence-corrected chi connectivity index (χ2v) is 5.53. The molecule has 1 amide bonds. The van der Waals surface area contributed by atoms with Gasteiger partial charge in [-0.1, -0.05) is 0 Å². The minimum Gasteiger partial charge on any atom is -0.385 e. The molecule has 0 aromatic heterocycles. The monoisotopic (exact) mass is 267 g/mol. The third kappa shape index (κ3) is 10.2. The predicted octanol–water partition coefficient (Wildman–Crippen LogP) is -1.59. The fourth-order valence-corrected chi connectivity index (χ4v) is 1.60. The van der Waals surface area contributed by atoms with Crippen LogP contribution in [-0.4, -0.2) is 53.4 Å². The van der Waals surface area contributed by atoms with Crippen LogP contribution in [0.2, 0.25) is 0 Å². The van der Waals surface area contributed by atoms with Gasteiger partial charge < -0.3 is 15.8 Å². The quantitative estimate of drug-likeness (QED) is 0.436. The van der Waals surface area contributed by atoms with Crippen LogP contribution < -0.4 is 15.8 Å². The molecule has 0 aromatic rings. The van der Waals surface area contributed by atoms with Crippen molar-refractivity contribution in [3.63, 3.8) is 0 Å². The zero-order valence-electron chi connectivity index (χ0n) is 10.2. The summed E-state index contributed by atoms with van der Waals surface area (Å²) in [6.07, 6.45) is 2.32. The van der Waals surface area contributed by atoms with Crippen LogP contribution in [0.5, 0.6) is 0 Å². The van der Waals surface area contributed by atoms with E-state index in [0.717, 1.165) is 6.26 Å². The van der Waals surface area contributed by atoms with E-state index in [-0.39, 0.29) is 19.0 Å². The molecular weight excluding hydrogens is 246 g/mol. The number of carbonyl (C=O) groups excluding carboxylic acids is 1. The van der Waals surface area contributed by atoms with Crippen LogP contribution in [-0.2, 0) is 19.6 Å². The molecule has 0 rings (SSSR count). The molecule has 1 unspecified atom stereocenters. The van der Waals surface area contributed by atoms with Crippen molar-refractivity contribution in [1.82, 2.24) is 10.0 Å². The Hall–Kier alpha value is -0.700. The van der Waals surface area contributed by atoms with Crippen LogP contribution in [0, 0.1) is 0 Å². The molecule has 0 aliphatic carbocycles. The van der Waals surface area contributed by atoms with Gasteiger partial charge in [0.05, 0.1) is 12.3 Å². The summed E-state index contributed by atoms with van der Waals surface area (Å²) in [7, 11) is -1.62. The maximum atomic E-state index is 11.4. The molecular formula is C9H21N3O4S. The highest BCUT2D eigenvalue weighted by molar-refractivity contribution is 7.88. The first kappa shape index (κ1) is 16.3. The number of methoxy groups -OCH3 is 1. The molecule has 0 saturated carbocycles. The zero-order chi connectivity index (χ0) is 13.3. The van der Waals surface area contributed by atoms with Crippen LogP contribution in [0.15, 0.2) is 0 Å². The van der Waals surface area contributed by atoms with E-state index in [2.05, 4.69) is 10.0 Å². The van der Waals surface area contributed by atoms with Gasteiger partial charge in [-0.05, 0) is 12.8 Å². The first-order valence-corrected chi connectivity index (χ1v) is 7.23. The first-order valence-electron chi connectivity index (χ1n) is 5.33. The van der Waals surface area contributed by atoms with E-state index in [9.17, 15) is 13.2 Å². The van der Waals surface area contributed by atoms with Gasteiger partial charge in [-0.3, -0.25) is 4.79 Å². The van der Waals surface area contributed by atoms with Crippen molar-refractivity contribution in [2.24, 2.45) is 5.73 Å². The SMILES string of the molecule is COCCCC(N)C(=O)NCCNS(C)(=O)=O. The summed E-state index contributed by atoms with van der Waals surface area (Å²) in [6, 6.07) is -0.580. The minimum absolute atomic E-state index is 0.162. The molecule has 0 aliphatic heterocycles. The summed E-state index contributed by atoms with van der Waals surface area (Å²) in [6.45, 7) is 0.954. The summed E-state index contributed by atoms with van der Waals surface area (Å²) >= 11 is 0. The van der Waals surface area contributed by atoms with Crippen LogP contribution in [0.1, 0.15) is 12.8 Å². The lowest BCUT2D eigenvalue weighted by Crippen LogP contribution is -2.43. The van der Waals surface area contributed by atoms with Crippen molar-refractivity contribution in [2.75, 3.05) is 33.1 Å². The lowest BCUT2D eigenvalue weighted by Gasteiger charge is -2.11. The van der Waals surface area contributed by atoms with E-state index in [1.54, 1.807) is 7.11 Å². The van der Waals surface area contributed by atoms with Crippen molar-refractivity contribution >= 4 is 15.9 Å². The summed E-state index contributed by atoms with van der Waals surface area (Å²) in [4.78, 5) is 11.4. The molecule has 0 radical (unpaired) electrons. The van der Waals surface area contributed by atoms with Crippen LogP contribution in [0.25, 0.3) is 0 Å². The number of ether oxygens (including phenoxy) is 1. The molecule has 102 valence electrons. The molecule has 1 atom stereocenters. The van der Waals surface area contributed by atoms with Gasteiger partial charge in [-0.15, -0.1) is 0 Å². The zero-order valence-corrected chi connectivity index (χ0v) is 11.0. The van der Waals surface area contributed by atoms with E-state index in [1.165, 1.54) is 0 Å². The molecule has 0 bridgehead atoms. The smallest absolute Gasteiger partial charge is 0.236 e. The standard InChI is InChI=1S/C9H21N3O4S/c1-16-7-3-4-8(10)9(13)11-5-6-12-17(2,14)15/h8,12H,3-7,10H2,1-2H3,(H,11,13). The van der Waals surface area contributed by atoms with Gasteiger partial charge in [0.25, 0.3) is 0 Å². The molecule has 4 N–H and O–H groups in total. The van der Waals surface area contributed by atoms with Crippen LogP contribution in [0.4, 0.5) is 0 Å². The van der Waals surface area contributed by atoms with Crippen molar-refractivity contribution in [1.29, 1.82) is 0 Å². The number of carbonyl (C=O) groups is 1. The van der Waals surface area contributed by atoms with Gasteiger partial charge in [0.1, 0.15) is 0 Å². The van der Waals surface area contributed by atoms with Crippen molar-refractivity contribution in [3.05, 3.63) is 0 Å². The van der Waals surface area contributed by atoms with Gasteiger partial charge in [-0.2, -0.15) is 0 Å². The molecule has 0 spiro atoms. The lowest BCUT2D eigenvalue weighted by atomic mass is 10.1. The Kier molecular flexibility index (Phi) is 8.05. The Balaban J connectivity index is 3.64. The number of nitrogens with one attached hydrogen (secondary N) is 2. The van der Waals surface area contributed by atoms with Crippen LogP contribution >= 0.6 is 0 Å². The summed E-state index contributed by atoms with van der Waals surface area (Å²) in [5.41, 5.74) is 5.62. The second kappa shape index (κ2) is 8.40. The molecule has 0 aromatic carbocycles. The molecule has 7 nitrogen and oxygen atoms in total. The van der Waals surface area contributed by atoms with E-state index < -0.39 is 16.1 Å². The van der Waals surface area contributed by atoms with Crippen molar-refractivity contribution in [3.8, 4) is 0 Å². The number of nitrogens with two attached hydrogens (primary N) is 1. The van der Waals surface area contributed by atoms with Gasteiger partial charge in [0.2, 0.25) is 15.9 Å². The molecule has 0 fully saturated rings. The van der Waals surface area contributed by atoms with E-state index in [1.807, 2.05) is 0 Å². The van der Waals surface area contributed by atoms with Gasteiger partial charge in [-0.25, -0.2) is 13.1 Å². The fraction of sp³-hybridized carbons (Fsp3) is 0.889. The molecule has 0 aliphatic rings. The minimum atomic E-state index is -3.21. The molecule has 8 heteroatoms. The molecule has 17 heavy (non-hydrogen) atoms. The van der Waals surface area contributed by atoms with E-state index in [0.29, 0.717) is 19.4 Å². The lowest BCUT2D eigenvalue weighted by molar-refractivity contribution is -0.122. The number of hydrogen-bond acceptors (Lipinski definition) is 5. The highest BCUT2D eigenvalue weighted by Crippen LogP contribution is 1.94. The van der Waals surface area contributed by atoms with Gasteiger partial charge in [0.15, 0.2) is 0 Å². The highest BCUT2D eigenvalue weighted by atomic mass is 32.2. The summed E-state index contributed by atoms with van der Waals surface area (Å²) < 4.78 is 28.6. The third-order valence-corrected chi connectivity index (χ3v) is 2.72. The van der Waals surface area contributed by atoms with Crippen LogP contribution in [0.3, 0.4) is 0 Å². The van der Waals surface area contributed by atoms with E-state index >= 15 is 0 Å². The molecule has 0 heterocycles. The van der Waals surface area contributed by atoms with Crippen molar-refractivity contribution in [2.45, 2.75) is 18.9 Å². The number of rotatable bonds is 9. The largest absolute Gasteiger partial charge is 0.385 e. The summed E-state index contributed by atoms with van der Waals surface area (Å²) in [5.74, 6) is -0.281. The Bertz CT molecular complexity index is 318. The Morgan fingerprint density at radius 1 is 1.41 bits per heavy atom. The normalized spacial score (nSPS) is 13.4. The van der Waals surface area contributed by atoms with E-state index in [4.69, 9.17) is 10.5 Å². The Morgan fingerprint density at radius 3 is 2.59 bits per heavy atom. The fourth-order valence-electron chi connectivity index (χ4n) is 1.13. The highest BCUT2D eigenvalue weighted by Gasteiger charge is 2.12. The maximum absolute atomic E-state index is 11.4. The Labute approximate surface area is 102 Å². The van der Waals surface area contributed by atoms with Crippen molar-refractivity contribution < 1.29 is 17.9 Å². The number of sulfonamides is 1. The van der Waals surface area contributed by atoms with Gasteiger partial charge >= 0.3 is 0 Å². The number of amides is 1. The Morgan fingerprint density at radius 2 is 2.06 bits per heavy atom. The average molecular weight is 267 g/mol. The van der Waals surface area contributed by atoms with Gasteiger partial charge in [0, 0.05) is 26.8 Å². The second-order valence-electron chi connectivity index (χ2n) is 3.70. The maximum Gasteiger partial charge on any atom is 0.236 e. The first-order chi connectivity index (χ1) is 7.87.